The summed E-state index contributed by atoms with van der Waals surface area (Å²) in [5.41, 5.74) is 0. The highest BCUT2D eigenvalue weighted by atomic mass is 16.6. The van der Waals surface area contributed by atoms with Crippen LogP contribution < -0.4 is 0 Å². The van der Waals surface area contributed by atoms with Crippen LogP contribution >= 0.6 is 0 Å². The molecule has 1 unspecified atom stereocenters. The van der Waals surface area contributed by atoms with E-state index in [-0.39, 0.29) is 31.1 Å². The van der Waals surface area contributed by atoms with E-state index in [1.165, 1.54) is 283 Å². The SMILES string of the molecule is CCCCCCCCCCCCCCCCCCCCCCCCCCCCC(=O)OCC(COC(=O)CCCCCCCCCCCCCC)OC(=O)CCCCCCCCCCCCCCCCC. The van der Waals surface area contributed by atoms with Crippen molar-refractivity contribution in [1.82, 2.24) is 0 Å². The van der Waals surface area contributed by atoms with Gasteiger partial charge in [0, 0.05) is 19.3 Å². The fourth-order valence-corrected chi connectivity index (χ4v) is 10.2. The third-order valence-corrected chi connectivity index (χ3v) is 15.1. The zero-order chi connectivity index (χ0) is 51.4. The fourth-order valence-electron chi connectivity index (χ4n) is 10.2. The van der Waals surface area contributed by atoms with Crippen LogP contribution in [0.15, 0.2) is 0 Å². The summed E-state index contributed by atoms with van der Waals surface area (Å²) in [7, 11) is 0. The first-order chi connectivity index (χ1) is 35.0. The molecule has 422 valence electrons. The molecule has 0 aliphatic heterocycles. The number of rotatable bonds is 61. The minimum absolute atomic E-state index is 0.0607. The third-order valence-electron chi connectivity index (χ3n) is 15.1. The van der Waals surface area contributed by atoms with Crippen LogP contribution in [-0.2, 0) is 28.6 Å². The molecule has 0 N–H and O–H groups in total. The predicted molar refractivity (Wildman–Crippen MR) is 307 cm³/mol. The summed E-state index contributed by atoms with van der Waals surface area (Å²) in [6.45, 7) is 6.72. The number of unbranched alkanes of at least 4 members (excludes halogenated alkanes) is 50. The summed E-state index contributed by atoms with van der Waals surface area (Å²) in [6, 6.07) is 0. The van der Waals surface area contributed by atoms with Crippen LogP contribution in [0.4, 0.5) is 0 Å². The van der Waals surface area contributed by atoms with Crippen molar-refractivity contribution in [3.05, 3.63) is 0 Å². The van der Waals surface area contributed by atoms with Gasteiger partial charge in [-0.3, -0.25) is 14.4 Å². The number of esters is 3. The Morgan fingerprint density at radius 3 is 0.563 bits per heavy atom. The third kappa shape index (κ3) is 59.2. The van der Waals surface area contributed by atoms with Gasteiger partial charge in [0.2, 0.25) is 0 Å². The van der Waals surface area contributed by atoms with Gasteiger partial charge in [-0.05, 0) is 19.3 Å². The highest BCUT2D eigenvalue weighted by Crippen LogP contribution is 2.19. The molecule has 0 rings (SSSR count). The Bertz CT molecular complexity index is 1060. The fraction of sp³-hybridized carbons (Fsp3) is 0.954. The van der Waals surface area contributed by atoms with Crippen LogP contribution in [0.2, 0.25) is 0 Å². The van der Waals surface area contributed by atoms with Gasteiger partial charge in [-0.15, -0.1) is 0 Å². The topological polar surface area (TPSA) is 78.9 Å². The van der Waals surface area contributed by atoms with E-state index in [0.29, 0.717) is 19.3 Å². The minimum Gasteiger partial charge on any atom is -0.462 e. The monoisotopic (exact) mass is 1000 g/mol. The maximum atomic E-state index is 12.9. The molecule has 6 nitrogen and oxygen atoms in total. The van der Waals surface area contributed by atoms with Crippen molar-refractivity contribution in [3.8, 4) is 0 Å². The average Bonchev–Trinajstić information content (AvgIpc) is 3.37. The molecule has 0 heterocycles. The lowest BCUT2D eigenvalue weighted by Crippen LogP contribution is -2.30. The van der Waals surface area contributed by atoms with Gasteiger partial charge in [0.25, 0.3) is 0 Å². The highest BCUT2D eigenvalue weighted by molar-refractivity contribution is 5.71. The van der Waals surface area contributed by atoms with Gasteiger partial charge in [-0.1, -0.05) is 342 Å². The summed E-state index contributed by atoms with van der Waals surface area (Å²) in [4.78, 5) is 38.2. The van der Waals surface area contributed by atoms with Crippen LogP contribution in [0.1, 0.15) is 380 Å². The van der Waals surface area contributed by atoms with E-state index in [1.807, 2.05) is 0 Å². The maximum absolute atomic E-state index is 12.9. The molecule has 0 saturated heterocycles. The molecule has 0 aromatic heterocycles. The minimum atomic E-state index is -0.761. The summed E-state index contributed by atoms with van der Waals surface area (Å²) in [5.74, 6) is -0.828. The van der Waals surface area contributed by atoms with Crippen LogP contribution in [0.25, 0.3) is 0 Å². The Morgan fingerprint density at radius 1 is 0.225 bits per heavy atom. The van der Waals surface area contributed by atoms with E-state index in [0.717, 1.165) is 57.8 Å². The lowest BCUT2D eigenvalue weighted by molar-refractivity contribution is -0.167. The first-order valence-corrected chi connectivity index (χ1v) is 32.5. The van der Waals surface area contributed by atoms with E-state index in [2.05, 4.69) is 20.8 Å². The first-order valence-electron chi connectivity index (χ1n) is 32.5. The molecular formula is C65H126O6. The molecule has 0 spiro atoms. The van der Waals surface area contributed by atoms with Crippen molar-refractivity contribution < 1.29 is 28.6 Å². The lowest BCUT2D eigenvalue weighted by atomic mass is 10.0. The van der Waals surface area contributed by atoms with Crippen LogP contribution in [0.3, 0.4) is 0 Å². The standard InChI is InChI=1S/C65H126O6/c1-4-7-10-13-16-19-22-25-27-28-29-30-31-32-33-34-35-36-37-39-40-43-46-49-52-55-58-64(67)70-61-62(60-69-63(66)57-54-51-48-45-42-24-21-18-15-12-9-6-3)71-65(68)59-56-53-50-47-44-41-38-26-23-20-17-14-11-8-5-2/h62H,4-61H2,1-3H3. The number of carbonyl (C=O) groups excluding carboxylic acids is 3. The van der Waals surface area contributed by atoms with Gasteiger partial charge in [0.05, 0.1) is 0 Å². The molecule has 0 aliphatic rings. The number of hydrogen-bond donors (Lipinski definition) is 0. The number of hydrogen-bond acceptors (Lipinski definition) is 6. The second-order valence-corrected chi connectivity index (χ2v) is 22.4. The normalized spacial score (nSPS) is 11.9. The van der Waals surface area contributed by atoms with Crippen LogP contribution in [0.5, 0.6) is 0 Å². The van der Waals surface area contributed by atoms with Gasteiger partial charge in [0.15, 0.2) is 6.10 Å². The van der Waals surface area contributed by atoms with Crippen LogP contribution in [-0.4, -0.2) is 37.2 Å². The smallest absolute Gasteiger partial charge is 0.306 e. The molecule has 1 atom stereocenters. The number of ether oxygens (including phenoxy) is 3. The first kappa shape index (κ1) is 69.4. The van der Waals surface area contributed by atoms with Crippen molar-refractivity contribution in [2.45, 2.75) is 386 Å². The Morgan fingerprint density at radius 2 is 0.380 bits per heavy atom. The second-order valence-electron chi connectivity index (χ2n) is 22.4. The molecule has 0 aliphatic carbocycles. The molecule has 0 bridgehead atoms. The number of carbonyl (C=O) groups is 3. The quantitative estimate of drug-likeness (QED) is 0.0343. The van der Waals surface area contributed by atoms with Gasteiger partial charge >= 0.3 is 17.9 Å². The summed E-state index contributed by atoms with van der Waals surface area (Å²) >= 11 is 0. The van der Waals surface area contributed by atoms with E-state index in [4.69, 9.17) is 14.2 Å². The second kappa shape index (κ2) is 61.0. The van der Waals surface area contributed by atoms with Crippen molar-refractivity contribution in [2.24, 2.45) is 0 Å². The molecule has 0 fully saturated rings. The van der Waals surface area contributed by atoms with Crippen molar-refractivity contribution >= 4 is 17.9 Å². The van der Waals surface area contributed by atoms with Gasteiger partial charge < -0.3 is 14.2 Å². The van der Waals surface area contributed by atoms with Gasteiger partial charge in [-0.25, -0.2) is 0 Å². The molecule has 0 radical (unpaired) electrons. The zero-order valence-electron chi connectivity index (χ0n) is 48.5. The lowest BCUT2D eigenvalue weighted by Gasteiger charge is -2.18. The highest BCUT2D eigenvalue weighted by Gasteiger charge is 2.19. The predicted octanol–water partition coefficient (Wildman–Crippen LogP) is 21.9. The summed E-state index contributed by atoms with van der Waals surface area (Å²) in [6.07, 6.45) is 69.8. The maximum Gasteiger partial charge on any atom is 0.306 e. The van der Waals surface area contributed by atoms with E-state index in [9.17, 15) is 14.4 Å². The Hall–Kier alpha value is -1.59. The Balaban J connectivity index is 4.14. The molecule has 0 aromatic rings. The van der Waals surface area contributed by atoms with Gasteiger partial charge in [0.1, 0.15) is 13.2 Å². The average molecular weight is 1000 g/mol. The van der Waals surface area contributed by atoms with Crippen molar-refractivity contribution in [1.29, 1.82) is 0 Å². The van der Waals surface area contributed by atoms with E-state index < -0.39 is 6.10 Å². The Labute approximate surface area is 444 Å². The van der Waals surface area contributed by atoms with Crippen LogP contribution in [0, 0.1) is 0 Å². The largest absolute Gasteiger partial charge is 0.462 e. The van der Waals surface area contributed by atoms with Crippen molar-refractivity contribution in [2.75, 3.05) is 13.2 Å². The zero-order valence-corrected chi connectivity index (χ0v) is 48.5. The van der Waals surface area contributed by atoms with E-state index in [1.54, 1.807) is 0 Å². The van der Waals surface area contributed by atoms with Gasteiger partial charge in [-0.2, -0.15) is 0 Å². The molecule has 6 heteroatoms. The molecule has 71 heavy (non-hydrogen) atoms. The Kier molecular flexibility index (Phi) is 59.6. The summed E-state index contributed by atoms with van der Waals surface area (Å²) < 4.78 is 16.9. The summed E-state index contributed by atoms with van der Waals surface area (Å²) in [5, 5.41) is 0. The molecule has 0 amide bonds. The molecular weight excluding hydrogens is 877 g/mol. The van der Waals surface area contributed by atoms with Crippen molar-refractivity contribution in [3.63, 3.8) is 0 Å². The molecule has 0 saturated carbocycles. The molecule has 0 aromatic carbocycles. The van der Waals surface area contributed by atoms with E-state index >= 15 is 0 Å².